The van der Waals surface area contributed by atoms with Crippen molar-refractivity contribution in [2.75, 3.05) is 0 Å². The summed E-state index contributed by atoms with van der Waals surface area (Å²) in [6, 6.07) is 7.37. The maximum absolute atomic E-state index is 10.4. The first-order valence-electron chi connectivity index (χ1n) is 5.85. The van der Waals surface area contributed by atoms with Crippen LogP contribution in [0.1, 0.15) is 16.7 Å². The van der Waals surface area contributed by atoms with Crippen LogP contribution in [0.5, 0.6) is 0 Å². The molecule has 19 heavy (non-hydrogen) atoms. The number of benzene rings is 1. The smallest absolute Gasteiger partial charge is 0.0954 e. The molecule has 2 aromatic heterocycles. The van der Waals surface area contributed by atoms with Gasteiger partial charge in [-0.1, -0.05) is 17.7 Å². The Hall–Kier alpha value is -1.49. The molecular formula is C14H11ClN2OS. The van der Waals surface area contributed by atoms with E-state index < -0.39 is 6.10 Å². The van der Waals surface area contributed by atoms with Gasteiger partial charge >= 0.3 is 0 Å². The molecule has 1 unspecified atom stereocenters. The topological polar surface area (TPSA) is 46.0 Å². The number of pyridine rings is 1. The summed E-state index contributed by atoms with van der Waals surface area (Å²) in [5.41, 5.74) is 1.54. The fourth-order valence-electron chi connectivity index (χ4n) is 2.06. The minimum Gasteiger partial charge on any atom is -0.388 e. The zero-order valence-corrected chi connectivity index (χ0v) is 11.5. The first-order chi connectivity index (χ1) is 9.25. The number of hydrogen-bond donors (Lipinski definition) is 1. The average Bonchev–Trinajstić information content (AvgIpc) is 2.92. The zero-order valence-electron chi connectivity index (χ0n) is 9.95. The van der Waals surface area contributed by atoms with Crippen molar-refractivity contribution in [3.8, 4) is 0 Å². The number of thiazole rings is 1. The van der Waals surface area contributed by atoms with Gasteiger partial charge in [0, 0.05) is 40.2 Å². The lowest BCUT2D eigenvalue weighted by Crippen LogP contribution is -2.03. The van der Waals surface area contributed by atoms with Crippen molar-refractivity contribution in [1.82, 2.24) is 9.97 Å². The summed E-state index contributed by atoms with van der Waals surface area (Å²) < 4.78 is 0. The molecule has 0 fully saturated rings. The lowest BCUT2D eigenvalue weighted by atomic mass is 10.0. The highest BCUT2D eigenvalue weighted by molar-refractivity contribution is 7.09. The highest BCUT2D eigenvalue weighted by Gasteiger charge is 2.15. The molecule has 0 aliphatic rings. The maximum Gasteiger partial charge on any atom is 0.0954 e. The highest BCUT2D eigenvalue weighted by Crippen LogP contribution is 2.30. The molecule has 1 atom stereocenters. The molecule has 1 N–H and O–H groups in total. The van der Waals surface area contributed by atoms with Crippen molar-refractivity contribution in [3.63, 3.8) is 0 Å². The minimum atomic E-state index is -0.624. The van der Waals surface area contributed by atoms with E-state index in [1.54, 1.807) is 18.5 Å². The Morgan fingerprint density at radius 1 is 1.21 bits per heavy atom. The van der Waals surface area contributed by atoms with E-state index >= 15 is 0 Å². The van der Waals surface area contributed by atoms with Gasteiger partial charge in [0.1, 0.15) is 0 Å². The standard InChI is InChI=1S/C14H11ClN2OS/c15-11-4-3-10(14-9(11)2-1-5-17-14)12(18)8-13-16-6-7-19-13/h1-7,12,18H,8H2. The van der Waals surface area contributed by atoms with Crippen LogP contribution in [-0.4, -0.2) is 15.1 Å². The Morgan fingerprint density at radius 3 is 2.89 bits per heavy atom. The van der Waals surface area contributed by atoms with Crippen molar-refractivity contribution in [3.05, 3.63) is 57.6 Å². The van der Waals surface area contributed by atoms with Gasteiger partial charge in [0.15, 0.2) is 0 Å². The average molecular weight is 291 g/mol. The predicted octanol–water partition coefficient (Wildman–Crippen LogP) is 3.62. The summed E-state index contributed by atoms with van der Waals surface area (Å²) in [6.07, 6.45) is 3.31. The molecule has 0 aliphatic heterocycles. The van der Waals surface area contributed by atoms with Crippen LogP contribution in [0.2, 0.25) is 5.02 Å². The van der Waals surface area contributed by atoms with Gasteiger partial charge in [-0.25, -0.2) is 4.98 Å². The van der Waals surface area contributed by atoms with Gasteiger partial charge in [-0.15, -0.1) is 11.3 Å². The van der Waals surface area contributed by atoms with Gasteiger partial charge in [0.25, 0.3) is 0 Å². The van der Waals surface area contributed by atoms with E-state index in [9.17, 15) is 5.11 Å². The third-order valence-corrected chi connectivity index (χ3v) is 4.09. The van der Waals surface area contributed by atoms with Crippen molar-refractivity contribution in [2.24, 2.45) is 0 Å². The van der Waals surface area contributed by atoms with Crippen LogP contribution in [0, 0.1) is 0 Å². The van der Waals surface area contributed by atoms with Crippen molar-refractivity contribution in [2.45, 2.75) is 12.5 Å². The number of nitrogens with zero attached hydrogens (tertiary/aromatic N) is 2. The highest BCUT2D eigenvalue weighted by atomic mass is 35.5. The summed E-state index contributed by atoms with van der Waals surface area (Å²) in [4.78, 5) is 8.52. The van der Waals surface area contributed by atoms with E-state index in [1.165, 1.54) is 11.3 Å². The van der Waals surface area contributed by atoms with Crippen molar-refractivity contribution in [1.29, 1.82) is 0 Å². The molecule has 3 aromatic rings. The van der Waals surface area contributed by atoms with E-state index in [2.05, 4.69) is 9.97 Å². The summed E-state index contributed by atoms with van der Waals surface area (Å²) in [5, 5.41) is 14.7. The lowest BCUT2D eigenvalue weighted by Gasteiger charge is -2.12. The molecule has 0 spiro atoms. The van der Waals surface area contributed by atoms with E-state index in [4.69, 9.17) is 11.6 Å². The first kappa shape index (κ1) is 12.5. The molecule has 96 valence electrons. The Balaban J connectivity index is 2.03. The van der Waals surface area contributed by atoms with Crippen LogP contribution >= 0.6 is 22.9 Å². The fraction of sp³-hybridized carbons (Fsp3) is 0.143. The van der Waals surface area contributed by atoms with Gasteiger partial charge in [0.2, 0.25) is 0 Å². The van der Waals surface area contributed by atoms with Gasteiger partial charge in [-0.05, 0) is 18.2 Å². The second-order valence-electron chi connectivity index (χ2n) is 4.18. The number of aliphatic hydroxyl groups is 1. The third kappa shape index (κ3) is 2.47. The van der Waals surface area contributed by atoms with E-state index in [0.29, 0.717) is 11.4 Å². The van der Waals surface area contributed by atoms with Gasteiger partial charge in [-0.3, -0.25) is 4.98 Å². The Bertz CT molecular complexity index is 700. The number of halogens is 1. The molecule has 0 bridgehead atoms. The number of aromatic nitrogens is 2. The van der Waals surface area contributed by atoms with E-state index in [1.807, 2.05) is 23.6 Å². The Labute approximate surface area is 119 Å². The Morgan fingerprint density at radius 2 is 2.11 bits per heavy atom. The molecule has 5 heteroatoms. The van der Waals surface area contributed by atoms with Gasteiger partial charge < -0.3 is 5.11 Å². The summed E-state index contributed by atoms with van der Waals surface area (Å²) in [7, 11) is 0. The molecule has 3 nitrogen and oxygen atoms in total. The fourth-order valence-corrected chi connectivity index (χ4v) is 2.93. The SMILES string of the molecule is OC(Cc1nccs1)c1ccc(Cl)c2cccnc12. The summed E-state index contributed by atoms with van der Waals surface area (Å²) in [6.45, 7) is 0. The van der Waals surface area contributed by atoms with E-state index in [-0.39, 0.29) is 0 Å². The molecular weight excluding hydrogens is 280 g/mol. The number of aliphatic hydroxyl groups excluding tert-OH is 1. The largest absolute Gasteiger partial charge is 0.388 e. The first-order valence-corrected chi connectivity index (χ1v) is 7.11. The van der Waals surface area contributed by atoms with Gasteiger partial charge in [-0.2, -0.15) is 0 Å². The quantitative estimate of drug-likeness (QED) is 0.801. The number of hydrogen-bond acceptors (Lipinski definition) is 4. The molecule has 0 amide bonds. The normalized spacial score (nSPS) is 12.7. The summed E-state index contributed by atoms with van der Waals surface area (Å²) >= 11 is 7.68. The van der Waals surface area contributed by atoms with Crippen molar-refractivity contribution >= 4 is 33.8 Å². The molecule has 3 rings (SSSR count). The lowest BCUT2D eigenvalue weighted by molar-refractivity contribution is 0.179. The van der Waals surface area contributed by atoms with Crippen LogP contribution in [0.25, 0.3) is 10.9 Å². The van der Waals surface area contributed by atoms with Crippen molar-refractivity contribution < 1.29 is 5.11 Å². The Kier molecular flexibility index (Phi) is 3.46. The third-order valence-electron chi connectivity index (χ3n) is 2.96. The molecule has 0 saturated heterocycles. The molecule has 2 heterocycles. The molecule has 0 saturated carbocycles. The number of rotatable bonds is 3. The van der Waals surface area contributed by atoms with Crippen LogP contribution < -0.4 is 0 Å². The molecule has 1 aromatic carbocycles. The van der Waals surface area contributed by atoms with Crippen LogP contribution in [0.3, 0.4) is 0 Å². The predicted molar refractivity (Wildman–Crippen MR) is 77.5 cm³/mol. The monoisotopic (exact) mass is 290 g/mol. The second kappa shape index (κ2) is 5.25. The minimum absolute atomic E-state index is 0.491. The van der Waals surface area contributed by atoms with Crippen LogP contribution in [0.4, 0.5) is 0 Å². The maximum atomic E-state index is 10.4. The zero-order chi connectivity index (χ0) is 13.2. The van der Waals surface area contributed by atoms with Gasteiger partial charge in [0.05, 0.1) is 16.6 Å². The van der Waals surface area contributed by atoms with Crippen LogP contribution in [-0.2, 0) is 6.42 Å². The van der Waals surface area contributed by atoms with E-state index in [0.717, 1.165) is 21.5 Å². The summed E-state index contributed by atoms with van der Waals surface area (Å²) in [5.74, 6) is 0. The molecule has 0 radical (unpaired) electrons. The molecule has 0 aliphatic carbocycles. The van der Waals surface area contributed by atoms with Crippen LogP contribution in [0.15, 0.2) is 42.0 Å². The second-order valence-corrected chi connectivity index (χ2v) is 5.57. The number of fused-ring (bicyclic) bond motifs is 1.